The van der Waals surface area contributed by atoms with Crippen molar-refractivity contribution in [3.05, 3.63) is 72.2 Å². The summed E-state index contributed by atoms with van der Waals surface area (Å²) < 4.78 is 24.5. The van der Waals surface area contributed by atoms with Crippen LogP contribution >= 0.6 is 0 Å². The van der Waals surface area contributed by atoms with Crippen molar-refractivity contribution in [2.75, 3.05) is 5.32 Å². The second-order valence-electron chi connectivity index (χ2n) is 5.66. The van der Waals surface area contributed by atoms with Crippen molar-refractivity contribution in [1.29, 1.82) is 0 Å². The van der Waals surface area contributed by atoms with Gasteiger partial charge in [0, 0.05) is 23.3 Å². The first-order valence-electron chi connectivity index (χ1n) is 7.86. The Bertz CT molecular complexity index is 1160. The van der Waals surface area contributed by atoms with E-state index in [4.69, 9.17) is 14.6 Å². The summed E-state index contributed by atoms with van der Waals surface area (Å²) in [5, 5.41) is 2.74. The maximum absolute atomic E-state index is 13.6. The van der Waals surface area contributed by atoms with Crippen LogP contribution in [0.2, 0.25) is 0 Å². The van der Waals surface area contributed by atoms with E-state index in [1.54, 1.807) is 30.6 Å². The second kappa shape index (κ2) is 6.41. The first kappa shape index (κ1) is 16.5. The van der Waals surface area contributed by atoms with Gasteiger partial charge in [-0.05, 0) is 42.5 Å². The lowest BCUT2D eigenvalue weighted by Crippen LogP contribution is -2.16. The summed E-state index contributed by atoms with van der Waals surface area (Å²) in [5.74, 6) is -1.87. The van der Waals surface area contributed by atoms with Crippen molar-refractivity contribution >= 4 is 28.5 Å². The topological polar surface area (TPSA) is 111 Å². The number of fused-ring (bicyclic) bond motifs is 1. The van der Waals surface area contributed by atoms with Gasteiger partial charge >= 0.3 is 0 Å². The number of rotatable bonds is 4. The van der Waals surface area contributed by atoms with E-state index in [1.807, 2.05) is 0 Å². The van der Waals surface area contributed by atoms with Crippen molar-refractivity contribution in [3.63, 3.8) is 0 Å². The predicted octanol–water partition coefficient (Wildman–Crippen LogP) is 3.58. The fourth-order valence-corrected chi connectivity index (χ4v) is 2.67. The van der Waals surface area contributed by atoms with Gasteiger partial charge in [0.05, 0.1) is 0 Å². The Morgan fingerprint density at radius 2 is 1.81 bits per heavy atom. The number of pyridine rings is 1. The van der Waals surface area contributed by atoms with Crippen molar-refractivity contribution in [2.24, 2.45) is 5.73 Å². The molecule has 134 valence electrons. The SMILES string of the molecule is NC(=O)c1oc2ccc(F)cc2c1NC(=O)c1ccc(-c2ccncc2)o1. The molecule has 3 aromatic heterocycles. The van der Waals surface area contributed by atoms with Gasteiger partial charge in [0.2, 0.25) is 5.76 Å². The number of nitrogens with two attached hydrogens (primary N) is 1. The zero-order valence-electron chi connectivity index (χ0n) is 13.7. The number of hydrogen-bond acceptors (Lipinski definition) is 5. The normalized spacial score (nSPS) is 10.9. The average Bonchev–Trinajstić information content (AvgIpc) is 3.28. The smallest absolute Gasteiger partial charge is 0.291 e. The molecule has 4 rings (SSSR count). The Morgan fingerprint density at radius 1 is 1.04 bits per heavy atom. The Hall–Kier alpha value is -3.94. The highest BCUT2D eigenvalue weighted by molar-refractivity contribution is 6.13. The molecular weight excluding hydrogens is 353 g/mol. The van der Waals surface area contributed by atoms with E-state index in [0.717, 1.165) is 11.6 Å². The van der Waals surface area contributed by atoms with E-state index in [9.17, 15) is 14.0 Å². The Labute approximate surface area is 151 Å². The molecule has 1 aromatic carbocycles. The summed E-state index contributed by atoms with van der Waals surface area (Å²) in [4.78, 5) is 28.1. The summed E-state index contributed by atoms with van der Waals surface area (Å²) in [5.41, 5.74) is 6.26. The van der Waals surface area contributed by atoms with Gasteiger partial charge < -0.3 is 19.9 Å². The minimum absolute atomic E-state index is 0.00276. The van der Waals surface area contributed by atoms with Crippen molar-refractivity contribution in [2.45, 2.75) is 0 Å². The molecule has 2 amide bonds. The Balaban J connectivity index is 1.69. The first-order valence-corrected chi connectivity index (χ1v) is 7.86. The number of nitrogens with one attached hydrogen (secondary N) is 1. The molecule has 3 heterocycles. The number of amides is 2. The summed E-state index contributed by atoms with van der Waals surface area (Å²) in [6, 6.07) is 10.3. The molecule has 0 aliphatic rings. The van der Waals surface area contributed by atoms with Crippen LogP contribution < -0.4 is 11.1 Å². The zero-order chi connectivity index (χ0) is 19.0. The number of nitrogens with zero attached hydrogens (tertiary/aromatic N) is 1. The predicted molar refractivity (Wildman–Crippen MR) is 94.6 cm³/mol. The van der Waals surface area contributed by atoms with Gasteiger partial charge in [0.15, 0.2) is 5.76 Å². The number of aromatic nitrogens is 1. The molecule has 0 aliphatic heterocycles. The van der Waals surface area contributed by atoms with E-state index < -0.39 is 17.6 Å². The average molecular weight is 365 g/mol. The molecule has 7 nitrogen and oxygen atoms in total. The fourth-order valence-electron chi connectivity index (χ4n) is 2.67. The van der Waals surface area contributed by atoms with Gasteiger partial charge in [-0.15, -0.1) is 0 Å². The van der Waals surface area contributed by atoms with E-state index in [-0.39, 0.29) is 28.2 Å². The molecule has 0 atom stereocenters. The molecule has 27 heavy (non-hydrogen) atoms. The van der Waals surface area contributed by atoms with Crippen LogP contribution in [-0.4, -0.2) is 16.8 Å². The number of hydrogen-bond donors (Lipinski definition) is 2. The largest absolute Gasteiger partial charge is 0.451 e. The van der Waals surface area contributed by atoms with Crippen LogP contribution in [0.5, 0.6) is 0 Å². The third-order valence-corrected chi connectivity index (χ3v) is 3.91. The van der Waals surface area contributed by atoms with E-state index in [0.29, 0.717) is 5.76 Å². The lowest BCUT2D eigenvalue weighted by Gasteiger charge is -2.03. The molecule has 0 bridgehead atoms. The van der Waals surface area contributed by atoms with Crippen LogP contribution in [0.1, 0.15) is 21.1 Å². The van der Waals surface area contributed by atoms with Gasteiger partial charge in [0.1, 0.15) is 22.8 Å². The van der Waals surface area contributed by atoms with Crippen LogP contribution in [0.25, 0.3) is 22.3 Å². The Kier molecular flexibility index (Phi) is 3.92. The maximum atomic E-state index is 13.6. The summed E-state index contributed by atoms with van der Waals surface area (Å²) in [6.45, 7) is 0. The van der Waals surface area contributed by atoms with Gasteiger partial charge in [0.25, 0.3) is 11.8 Å². The van der Waals surface area contributed by atoms with Gasteiger partial charge in [-0.3, -0.25) is 14.6 Å². The number of halogens is 1. The van der Waals surface area contributed by atoms with Crippen molar-refractivity contribution in [3.8, 4) is 11.3 Å². The molecule has 0 spiro atoms. The quantitative estimate of drug-likeness (QED) is 0.574. The highest BCUT2D eigenvalue weighted by atomic mass is 19.1. The third-order valence-electron chi connectivity index (χ3n) is 3.91. The first-order chi connectivity index (χ1) is 13.0. The molecule has 0 radical (unpaired) electrons. The van der Waals surface area contributed by atoms with Gasteiger partial charge in [-0.25, -0.2) is 4.39 Å². The lowest BCUT2D eigenvalue weighted by atomic mass is 10.2. The standard InChI is InChI=1S/C19H12FN3O4/c20-11-1-2-14-12(9-11)16(17(27-14)18(21)24)23-19(25)15-4-3-13(26-15)10-5-7-22-8-6-10/h1-9H,(H2,21,24)(H,23,25). The molecule has 0 saturated heterocycles. The Morgan fingerprint density at radius 3 is 2.56 bits per heavy atom. The molecule has 0 saturated carbocycles. The minimum Gasteiger partial charge on any atom is -0.451 e. The highest BCUT2D eigenvalue weighted by Gasteiger charge is 2.22. The molecular formula is C19H12FN3O4. The number of furan rings is 2. The monoisotopic (exact) mass is 365 g/mol. The number of anilines is 1. The number of carbonyl (C=O) groups is 2. The molecule has 0 fully saturated rings. The van der Waals surface area contributed by atoms with Gasteiger partial charge in [-0.2, -0.15) is 0 Å². The summed E-state index contributed by atoms with van der Waals surface area (Å²) in [7, 11) is 0. The minimum atomic E-state index is -0.890. The molecule has 8 heteroatoms. The molecule has 0 aliphatic carbocycles. The van der Waals surface area contributed by atoms with Crippen LogP contribution in [0.3, 0.4) is 0 Å². The highest BCUT2D eigenvalue weighted by Crippen LogP contribution is 2.32. The van der Waals surface area contributed by atoms with Crippen LogP contribution in [0, 0.1) is 5.82 Å². The van der Waals surface area contributed by atoms with Crippen LogP contribution in [-0.2, 0) is 0 Å². The third kappa shape index (κ3) is 3.04. The van der Waals surface area contributed by atoms with Gasteiger partial charge in [-0.1, -0.05) is 0 Å². The molecule has 0 unspecified atom stereocenters. The zero-order valence-corrected chi connectivity index (χ0v) is 13.7. The van der Waals surface area contributed by atoms with Crippen LogP contribution in [0.15, 0.2) is 63.7 Å². The second-order valence-corrected chi connectivity index (χ2v) is 5.66. The lowest BCUT2D eigenvalue weighted by molar-refractivity contribution is 0.0977. The molecule has 3 N–H and O–H groups in total. The number of primary amides is 1. The maximum Gasteiger partial charge on any atom is 0.291 e. The van der Waals surface area contributed by atoms with Crippen molar-refractivity contribution in [1.82, 2.24) is 4.98 Å². The number of benzene rings is 1. The van der Waals surface area contributed by atoms with Crippen molar-refractivity contribution < 1.29 is 22.8 Å². The fraction of sp³-hybridized carbons (Fsp3) is 0. The summed E-state index contributed by atoms with van der Waals surface area (Å²) >= 11 is 0. The summed E-state index contributed by atoms with van der Waals surface area (Å²) in [6.07, 6.45) is 3.20. The van der Waals surface area contributed by atoms with E-state index >= 15 is 0 Å². The molecule has 4 aromatic rings. The van der Waals surface area contributed by atoms with Crippen LogP contribution in [0.4, 0.5) is 10.1 Å². The number of carbonyl (C=O) groups excluding carboxylic acids is 2. The van der Waals surface area contributed by atoms with E-state index in [2.05, 4.69) is 10.3 Å². The van der Waals surface area contributed by atoms with E-state index in [1.165, 1.54) is 18.2 Å².